The molecule has 0 rings (SSSR count). The Morgan fingerprint density at radius 2 is 2.00 bits per heavy atom. The Hall–Kier alpha value is -0.530. The maximum absolute atomic E-state index is 10.4. The molecule has 0 unspecified atom stereocenters. The maximum Gasteiger partial charge on any atom is 0.139 e. The van der Waals surface area contributed by atoms with Crippen LogP contribution in [0.15, 0.2) is 0 Å². The second kappa shape index (κ2) is 6.01. The molecule has 0 amide bonds. The quantitative estimate of drug-likeness (QED) is 0.286. The molecule has 0 aliphatic carbocycles. The highest BCUT2D eigenvalue weighted by molar-refractivity contribution is 5.58. The third-order valence-electron chi connectivity index (χ3n) is 1.72. The van der Waals surface area contributed by atoms with Gasteiger partial charge in [0.25, 0.3) is 0 Å². The van der Waals surface area contributed by atoms with E-state index in [4.69, 9.17) is 11.6 Å². The largest absolute Gasteiger partial charge is 0.394 e. The number of aliphatic hydroxyl groups is 4. The number of carbonyl (C=O) groups is 1. The molecule has 0 fully saturated rings. The van der Waals surface area contributed by atoms with Gasteiger partial charge in [-0.25, -0.2) is 0 Å². The van der Waals surface area contributed by atoms with Crippen molar-refractivity contribution in [2.24, 2.45) is 0 Å². The zero-order valence-electron chi connectivity index (χ0n) is 8.24. The molecule has 0 radical (unpaired) electrons. The van der Waals surface area contributed by atoms with Crippen LogP contribution in [0.3, 0.4) is 0 Å². The van der Waals surface area contributed by atoms with Crippen molar-refractivity contribution >= 4 is 6.29 Å². The lowest BCUT2D eigenvalue weighted by molar-refractivity contribution is -0.119. The Morgan fingerprint density at radius 3 is 2.31 bits per heavy atom. The molecule has 0 aliphatic rings. The summed E-state index contributed by atoms with van der Waals surface area (Å²) in [6.45, 7) is -0.731. The maximum atomic E-state index is 10.4. The lowest BCUT2D eigenvalue weighted by Crippen LogP contribution is -2.51. The third-order valence-corrected chi connectivity index (χ3v) is 1.72. The summed E-state index contributed by atoms with van der Waals surface area (Å²) in [7, 11) is 1.22. The van der Waals surface area contributed by atoms with Crippen LogP contribution in [0.2, 0.25) is 1.41 Å². The highest BCUT2D eigenvalue weighted by Gasteiger charge is 2.29. The van der Waals surface area contributed by atoms with Gasteiger partial charge in [0.15, 0.2) is 0 Å². The van der Waals surface area contributed by atoms with Crippen molar-refractivity contribution in [3.63, 3.8) is 0 Å². The predicted octanol–water partition coefficient (Wildman–Crippen LogP) is -3.15. The van der Waals surface area contributed by atoms with Gasteiger partial charge < -0.3 is 30.5 Å². The Morgan fingerprint density at radius 1 is 1.46 bits per heavy atom. The Bertz CT molecular complexity index is 179. The van der Waals surface area contributed by atoms with Gasteiger partial charge >= 0.3 is 0 Å². The van der Waals surface area contributed by atoms with Crippen molar-refractivity contribution in [3.05, 3.63) is 0 Å². The molecule has 5 N–H and O–H groups in total. The number of nitrogens with one attached hydrogen (secondary N) is 1. The van der Waals surface area contributed by atoms with Gasteiger partial charge in [0.2, 0.25) is 0 Å². The van der Waals surface area contributed by atoms with Crippen molar-refractivity contribution in [2.75, 3.05) is 13.7 Å². The van der Waals surface area contributed by atoms with Crippen LogP contribution in [0.1, 0.15) is 0 Å². The Labute approximate surface area is 77.3 Å². The average Bonchev–Trinajstić information content (AvgIpc) is 2.15. The Balaban J connectivity index is 4.41. The van der Waals surface area contributed by atoms with E-state index in [0.717, 1.165) is 0 Å². The van der Waals surface area contributed by atoms with Crippen LogP contribution in [0.25, 0.3) is 0 Å². The zero-order valence-corrected chi connectivity index (χ0v) is 7.24. The summed E-state index contributed by atoms with van der Waals surface area (Å²) in [4.78, 5) is 10.4. The van der Waals surface area contributed by atoms with Crippen LogP contribution in [-0.4, -0.2) is 64.7 Å². The molecule has 6 nitrogen and oxygen atoms in total. The van der Waals surface area contributed by atoms with Crippen LogP contribution < -0.4 is 5.31 Å². The number of rotatable bonds is 6. The number of likely N-dealkylation sites (N-methyl/N-ethyl adjacent to an activating group) is 1. The topological polar surface area (TPSA) is 110 Å². The average molecular weight is 194 g/mol. The first-order chi connectivity index (χ1) is 6.45. The van der Waals surface area contributed by atoms with E-state index in [0.29, 0.717) is 5.31 Å². The van der Waals surface area contributed by atoms with Gasteiger partial charge in [-0.3, -0.25) is 0 Å². The van der Waals surface area contributed by atoms with Crippen LogP contribution in [0.5, 0.6) is 0 Å². The summed E-state index contributed by atoms with van der Waals surface area (Å²) >= 11 is 0. The number of aldehydes is 1. The van der Waals surface area contributed by atoms with E-state index in [1.165, 1.54) is 7.05 Å². The van der Waals surface area contributed by atoms with Crippen molar-refractivity contribution in [1.82, 2.24) is 5.31 Å². The van der Waals surface area contributed by atoms with E-state index in [-0.39, 0.29) is 6.29 Å². The van der Waals surface area contributed by atoms with Crippen LogP contribution >= 0.6 is 0 Å². The van der Waals surface area contributed by atoms with E-state index in [1.54, 1.807) is 0 Å². The summed E-state index contributed by atoms with van der Waals surface area (Å²) < 4.78 is 7.04. The van der Waals surface area contributed by atoms with E-state index < -0.39 is 31.0 Å². The fraction of sp³-hybridized carbons (Fsp3) is 0.857. The zero-order chi connectivity index (χ0) is 11.3. The van der Waals surface area contributed by atoms with Crippen molar-refractivity contribution in [1.29, 1.82) is 0 Å². The van der Waals surface area contributed by atoms with Gasteiger partial charge in [-0.05, 0) is 7.05 Å². The first-order valence-corrected chi connectivity index (χ1v) is 3.77. The summed E-state index contributed by atoms with van der Waals surface area (Å²) in [5.41, 5.74) is 0. The molecule has 0 aromatic heterocycles. The number of aliphatic hydroxyl groups excluding tert-OH is 4. The molecule has 78 valence electrons. The monoisotopic (exact) mass is 194 g/mol. The van der Waals surface area contributed by atoms with Crippen molar-refractivity contribution in [2.45, 2.75) is 24.4 Å². The molecule has 0 saturated heterocycles. The molecule has 0 spiro atoms. The summed E-state index contributed by atoms with van der Waals surface area (Å²) in [6.07, 6.45) is -4.53. The SMILES string of the molecule is [2H]N(C)[C@@H](C=O)[C@@H](O)[C@H](O)[C@H](O)CO. The standard InChI is InChI=1S/C7H15NO5/c1-8-4(2-9)6(12)7(13)5(11)3-10/h2,4-8,10-13H,3H2,1H3/t4-,5+,6+,7+/m0/s1/i/hD. The highest BCUT2D eigenvalue weighted by Crippen LogP contribution is 2.03. The number of hydrogen-bond acceptors (Lipinski definition) is 6. The fourth-order valence-electron chi connectivity index (χ4n) is 0.832. The van der Waals surface area contributed by atoms with E-state index >= 15 is 0 Å². The van der Waals surface area contributed by atoms with Gasteiger partial charge in [0, 0.05) is 0 Å². The van der Waals surface area contributed by atoms with Gasteiger partial charge in [0.1, 0.15) is 26.0 Å². The van der Waals surface area contributed by atoms with Crippen molar-refractivity contribution in [3.8, 4) is 0 Å². The first-order valence-electron chi connectivity index (χ1n) is 4.22. The highest BCUT2D eigenvalue weighted by atomic mass is 16.4. The molecule has 6 heteroatoms. The van der Waals surface area contributed by atoms with E-state index in [2.05, 4.69) is 0 Å². The first kappa shape index (κ1) is 10.6. The van der Waals surface area contributed by atoms with Crippen LogP contribution in [-0.2, 0) is 4.79 Å². The van der Waals surface area contributed by atoms with Gasteiger partial charge in [0.05, 0.1) is 12.6 Å². The summed E-state index contributed by atoms with van der Waals surface area (Å²) in [5, 5.41) is 36.6. The van der Waals surface area contributed by atoms with Crippen molar-refractivity contribution < 1.29 is 26.6 Å². The molecular formula is C7H15NO5. The molecule has 0 heterocycles. The third kappa shape index (κ3) is 3.37. The molecule has 4 atom stereocenters. The van der Waals surface area contributed by atoms with Gasteiger partial charge in [-0.15, -0.1) is 0 Å². The summed E-state index contributed by atoms with van der Waals surface area (Å²) in [6, 6.07) is -1.24. The molecular weight excluding hydrogens is 178 g/mol. The lowest BCUT2D eigenvalue weighted by Gasteiger charge is -2.25. The lowest BCUT2D eigenvalue weighted by atomic mass is 10.0. The van der Waals surface area contributed by atoms with E-state index in [9.17, 15) is 15.0 Å². The second-order valence-electron chi connectivity index (χ2n) is 2.62. The fourth-order valence-corrected chi connectivity index (χ4v) is 0.832. The molecule has 0 bridgehead atoms. The number of hydrogen-bond donors (Lipinski definition) is 5. The Kier molecular flexibility index (Phi) is 4.87. The number of carbonyl (C=O) groups excluding carboxylic acids is 1. The minimum atomic E-state index is -1.66. The van der Waals surface area contributed by atoms with Gasteiger partial charge in [-0.2, -0.15) is 0 Å². The molecule has 0 saturated carbocycles. The molecule has 13 heavy (non-hydrogen) atoms. The van der Waals surface area contributed by atoms with Crippen LogP contribution in [0, 0.1) is 0 Å². The molecule has 0 aliphatic heterocycles. The molecule has 0 aromatic rings. The van der Waals surface area contributed by atoms with Gasteiger partial charge in [-0.1, -0.05) is 0 Å². The second-order valence-corrected chi connectivity index (χ2v) is 2.62. The minimum absolute atomic E-state index is 0.283. The van der Waals surface area contributed by atoms with E-state index in [1.807, 2.05) is 0 Å². The minimum Gasteiger partial charge on any atom is -0.394 e. The smallest absolute Gasteiger partial charge is 0.139 e. The normalized spacial score (nSPS) is 21.8. The van der Waals surface area contributed by atoms with Crippen LogP contribution in [0.4, 0.5) is 0 Å². The predicted molar refractivity (Wildman–Crippen MR) is 44.0 cm³/mol. The molecule has 0 aromatic carbocycles. The summed E-state index contributed by atoms with van der Waals surface area (Å²) in [5.74, 6) is 0.